The van der Waals surface area contributed by atoms with E-state index in [1.165, 1.54) is 0 Å². The van der Waals surface area contributed by atoms with Gasteiger partial charge in [0, 0.05) is 31.9 Å². The number of nitrogens with zero attached hydrogens (tertiary/aromatic N) is 2. The van der Waals surface area contributed by atoms with Gasteiger partial charge in [0.1, 0.15) is 11.6 Å². The van der Waals surface area contributed by atoms with E-state index in [4.69, 9.17) is 9.47 Å². The van der Waals surface area contributed by atoms with E-state index in [2.05, 4.69) is 10.2 Å². The van der Waals surface area contributed by atoms with E-state index in [9.17, 15) is 10.1 Å². The molecule has 1 aromatic rings. The van der Waals surface area contributed by atoms with Crippen molar-refractivity contribution in [2.45, 2.75) is 18.9 Å². The highest BCUT2D eigenvalue weighted by Gasteiger charge is 2.17. The number of amides is 1. The van der Waals surface area contributed by atoms with E-state index < -0.39 is 0 Å². The van der Waals surface area contributed by atoms with Crippen LogP contribution in [0.4, 0.5) is 5.69 Å². The number of hydrogen-bond donors (Lipinski definition) is 1. The van der Waals surface area contributed by atoms with Gasteiger partial charge in [-0.05, 0) is 36.6 Å². The SMILES string of the molecule is N#C/C(=C/c1ccc(N2CCOCC2)cc1)C(=O)NC[C@@H]1CCCO1. The molecule has 2 aliphatic rings. The van der Waals surface area contributed by atoms with Gasteiger partial charge in [-0.2, -0.15) is 5.26 Å². The maximum atomic E-state index is 12.2. The number of anilines is 1. The lowest BCUT2D eigenvalue weighted by Crippen LogP contribution is -2.36. The standard InChI is InChI=1S/C19H23N3O3/c20-13-16(19(23)21-14-18-2-1-9-25-18)12-15-3-5-17(6-4-15)22-7-10-24-11-8-22/h3-6,12,18H,1-2,7-11,14H2,(H,21,23)/b16-12-/t18-/m0/s1. The third-order valence-electron chi connectivity index (χ3n) is 4.46. The molecule has 132 valence electrons. The molecule has 0 radical (unpaired) electrons. The summed E-state index contributed by atoms with van der Waals surface area (Å²) in [7, 11) is 0. The van der Waals surface area contributed by atoms with Gasteiger partial charge in [-0.15, -0.1) is 0 Å². The summed E-state index contributed by atoms with van der Waals surface area (Å²) >= 11 is 0. The van der Waals surface area contributed by atoms with Crippen molar-refractivity contribution in [2.75, 3.05) is 44.4 Å². The van der Waals surface area contributed by atoms with Gasteiger partial charge < -0.3 is 19.7 Å². The second-order valence-electron chi connectivity index (χ2n) is 6.21. The highest BCUT2D eigenvalue weighted by molar-refractivity contribution is 6.01. The first-order chi connectivity index (χ1) is 12.3. The first-order valence-electron chi connectivity index (χ1n) is 8.70. The Morgan fingerprint density at radius 3 is 2.68 bits per heavy atom. The normalized spacial score (nSPS) is 21.0. The molecule has 2 fully saturated rings. The predicted molar refractivity (Wildman–Crippen MR) is 95.0 cm³/mol. The third-order valence-corrected chi connectivity index (χ3v) is 4.46. The van der Waals surface area contributed by atoms with Gasteiger partial charge >= 0.3 is 0 Å². The highest BCUT2D eigenvalue weighted by atomic mass is 16.5. The summed E-state index contributed by atoms with van der Waals surface area (Å²) in [5.41, 5.74) is 2.07. The zero-order chi connectivity index (χ0) is 17.5. The number of benzene rings is 1. The van der Waals surface area contributed by atoms with Crippen molar-refractivity contribution in [1.29, 1.82) is 5.26 Å². The molecule has 1 atom stereocenters. The van der Waals surface area contributed by atoms with E-state index in [1.54, 1.807) is 6.08 Å². The molecule has 0 aliphatic carbocycles. The van der Waals surface area contributed by atoms with Gasteiger partial charge in [0.25, 0.3) is 5.91 Å². The minimum atomic E-state index is -0.352. The monoisotopic (exact) mass is 341 g/mol. The molecule has 0 spiro atoms. The largest absolute Gasteiger partial charge is 0.378 e. The summed E-state index contributed by atoms with van der Waals surface area (Å²) in [5.74, 6) is -0.352. The number of nitriles is 1. The average Bonchev–Trinajstić information content (AvgIpc) is 3.19. The van der Waals surface area contributed by atoms with Gasteiger partial charge in [0.2, 0.25) is 0 Å². The molecule has 3 rings (SSSR count). The van der Waals surface area contributed by atoms with Crippen LogP contribution >= 0.6 is 0 Å². The molecule has 2 saturated heterocycles. The van der Waals surface area contributed by atoms with Crippen molar-refractivity contribution in [2.24, 2.45) is 0 Å². The lowest BCUT2D eigenvalue weighted by atomic mass is 10.1. The number of carbonyl (C=O) groups is 1. The molecule has 0 saturated carbocycles. The summed E-state index contributed by atoms with van der Waals surface area (Å²) < 4.78 is 10.8. The van der Waals surface area contributed by atoms with Gasteiger partial charge in [-0.1, -0.05) is 12.1 Å². The second kappa shape index (κ2) is 8.65. The van der Waals surface area contributed by atoms with Crippen molar-refractivity contribution < 1.29 is 14.3 Å². The van der Waals surface area contributed by atoms with Crippen LogP contribution in [0.2, 0.25) is 0 Å². The molecule has 2 aliphatic heterocycles. The minimum absolute atomic E-state index is 0.0664. The first kappa shape index (κ1) is 17.5. The van der Waals surface area contributed by atoms with Crippen LogP contribution in [-0.2, 0) is 14.3 Å². The Balaban J connectivity index is 1.60. The Bertz CT molecular complexity index is 651. The fraction of sp³-hybridized carbons (Fsp3) is 0.474. The number of morpholine rings is 1. The van der Waals surface area contributed by atoms with E-state index in [1.807, 2.05) is 30.3 Å². The van der Waals surface area contributed by atoms with Crippen molar-refractivity contribution in [3.8, 4) is 6.07 Å². The second-order valence-corrected chi connectivity index (χ2v) is 6.21. The molecule has 1 N–H and O–H groups in total. The van der Waals surface area contributed by atoms with E-state index in [0.29, 0.717) is 6.54 Å². The Kier molecular flexibility index (Phi) is 6.04. The summed E-state index contributed by atoms with van der Waals surface area (Å²) in [5, 5.41) is 12.1. The number of rotatable bonds is 5. The fourth-order valence-corrected chi connectivity index (χ4v) is 3.03. The average molecular weight is 341 g/mol. The molecule has 0 unspecified atom stereocenters. The fourth-order valence-electron chi connectivity index (χ4n) is 3.03. The Morgan fingerprint density at radius 2 is 2.04 bits per heavy atom. The summed E-state index contributed by atoms with van der Waals surface area (Å²) in [6.07, 6.45) is 3.66. The topological polar surface area (TPSA) is 74.6 Å². The van der Waals surface area contributed by atoms with Crippen LogP contribution in [0, 0.1) is 11.3 Å². The molecule has 6 nitrogen and oxygen atoms in total. The highest BCUT2D eigenvalue weighted by Crippen LogP contribution is 2.18. The first-order valence-corrected chi connectivity index (χ1v) is 8.70. The Morgan fingerprint density at radius 1 is 1.28 bits per heavy atom. The summed E-state index contributed by atoms with van der Waals surface area (Å²) in [6.45, 7) is 4.44. The number of nitrogens with one attached hydrogen (secondary N) is 1. The minimum Gasteiger partial charge on any atom is -0.378 e. The molecule has 1 amide bonds. The lowest BCUT2D eigenvalue weighted by Gasteiger charge is -2.28. The van der Waals surface area contributed by atoms with Crippen LogP contribution in [0.5, 0.6) is 0 Å². The molecule has 0 bridgehead atoms. The van der Waals surface area contributed by atoms with Crippen molar-refractivity contribution >= 4 is 17.7 Å². The number of carbonyl (C=O) groups excluding carboxylic acids is 1. The van der Waals surface area contributed by atoms with Gasteiger partial charge in [0.05, 0.1) is 19.3 Å². The summed E-state index contributed by atoms with van der Waals surface area (Å²) in [6, 6.07) is 9.86. The number of ether oxygens (including phenoxy) is 2. The maximum absolute atomic E-state index is 12.2. The van der Waals surface area contributed by atoms with Crippen molar-refractivity contribution in [3.05, 3.63) is 35.4 Å². The molecule has 0 aromatic heterocycles. The molecular weight excluding hydrogens is 318 g/mol. The zero-order valence-corrected chi connectivity index (χ0v) is 14.2. The Hall–Kier alpha value is -2.36. The van der Waals surface area contributed by atoms with Crippen LogP contribution in [-0.4, -0.2) is 51.5 Å². The molecule has 1 aromatic carbocycles. The Labute approximate surface area is 148 Å². The van der Waals surface area contributed by atoms with Crippen LogP contribution in [0.1, 0.15) is 18.4 Å². The molecule has 6 heteroatoms. The van der Waals surface area contributed by atoms with Gasteiger partial charge in [0.15, 0.2) is 0 Å². The quantitative estimate of drug-likeness (QED) is 0.652. The van der Waals surface area contributed by atoms with Gasteiger partial charge in [-0.25, -0.2) is 0 Å². The lowest BCUT2D eigenvalue weighted by molar-refractivity contribution is -0.117. The summed E-state index contributed by atoms with van der Waals surface area (Å²) in [4.78, 5) is 14.4. The predicted octanol–water partition coefficient (Wildman–Crippen LogP) is 1.73. The van der Waals surface area contributed by atoms with Crippen molar-refractivity contribution in [3.63, 3.8) is 0 Å². The zero-order valence-electron chi connectivity index (χ0n) is 14.2. The van der Waals surface area contributed by atoms with Crippen LogP contribution in [0.3, 0.4) is 0 Å². The maximum Gasteiger partial charge on any atom is 0.262 e. The van der Waals surface area contributed by atoms with Gasteiger partial charge in [-0.3, -0.25) is 4.79 Å². The van der Waals surface area contributed by atoms with E-state index >= 15 is 0 Å². The number of hydrogen-bond acceptors (Lipinski definition) is 5. The van der Waals surface area contributed by atoms with Crippen LogP contribution in [0.25, 0.3) is 6.08 Å². The molecular formula is C19H23N3O3. The molecule has 25 heavy (non-hydrogen) atoms. The van der Waals surface area contributed by atoms with E-state index in [0.717, 1.165) is 57.0 Å². The molecule has 2 heterocycles. The van der Waals surface area contributed by atoms with Crippen molar-refractivity contribution in [1.82, 2.24) is 5.32 Å². The van der Waals surface area contributed by atoms with Crippen LogP contribution < -0.4 is 10.2 Å². The third kappa shape index (κ3) is 4.81. The smallest absolute Gasteiger partial charge is 0.262 e. The van der Waals surface area contributed by atoms with Crippen LogP contribution in [0.15, 0.2) is 29.8 Å². The van der Waals surface area contributed by atoms with E-state index in [-0.39, 0.29) is 17.6 Å².